The second-order valence-corrected chi connectivity index (χ2v) is 7.18. The number of para-hydroxylation sites is 2. The summed E-state index contributed by atoms with van der Waals surface area (Å²) in [5.41, 5.74) is 6.68. The van der Waals surface area contributed by atoms with Crippen LogP contribution in [-0.4, -0.2) is 17.4 Å². The fourth-order valence-corrected chi connectivity index (χ4v) is 4.14. The number of carbonyl (C=O) groups excluding carboxylic acids is 1. The first-order chi connectivity index (χ1) is 13.7. The van der Waals surface area contributed by atoms with Crippen LogP contribution in [0.4, 0.5) is 5.69 Å². The van der Waals surface area contributed by atoms with E-state index in [1.807, 2.05) is 84.6 Å². The van der Waals surface area contributed by atoms with E-state index in [2.05, 4.69) is 6.07 Å². The maximum atomic E-state index is 13.7. The molecule has 0 fully saturated rings. The van der Waals surface area contributed by atoms with Crippen LogP contribution in [-0.2, 0) is 6.42 Å². The van der Waals surface area contributed by atoms with Crippen LogP contribution < -0.4 is 4.90 Å². The Hall–Kier alpha value is -3.46. The Labute approximate surface area is 164 Å². The maximum Gasteiger partial charge on any atom is 0.259 e. The summed E-state index contributed by atoms with van der Waals surface area (Å²) in [7, 11) is 0. The highest BCUT2D eigenvalue weighted by Crippen LogP contribution is 2.34. The van der Waals surface area contributed by atoms with Gasteiger partial charge in [-0.25, -0.2) is 4.98 Å². The zero-order chi connectivity index (χ0) is 19.1. The van der Waals surface area contributed by atoms with Crippen molar-refractivity contribution in [2.45, 2.75) is 13.3 Å². The molecule has 5 rings (SSSR count). The third-order valence-electron chi connectivity index (χ3n) is 5.53. The third-order valence-corrected chi connectivity index (χ3v) is 5.53. The van der Waals surface area contributed by atoms with Gasteiger partial charge in [0.15, 0.2) is 0 Å². The molecule has 0 saturated heterocycles. The van der Waals surface area contributed by atoms with Crippen LogP contribution >= 0.6 is 0 Å². The summed E-state index contributed by atoms with van der Waals surface area (Å²) in [5.74, 6) is 0.0539. The lowest BCUT2D eigenvalue weighted by atomic mass is 9.96. The quantitative estimate of drug-likeness (QED) is 0.476. The van der Waals surface area contributed by atoms with Gasteiger partial charge in [-0.2, -0.15) is 0 Å². The highest BCUT2D eigenvalue weighted by molar-refractivity contribution is 6.16. The SMILES string of the molecule is Cc1c(-c2ccccc2)nc2ccccc2c1C(=O)N1CCc2ccccc21. The van der Waals surface area contributed by atoms with Gasteiger partial charge in [0.1, 0.15) is 0 Å². The van der Waals surface area contributed by atoms with Crippen molar-refractivity contribution in [2.24, 2.45) is 0 Å². The summed E-state index contributed by atoms with van der Waals surface area (Å²) in [6.07, 6.45) is 0.898. The lowest BCUT2D eigenvalue weighted by Crippen LogP contribution is -2.30. The van der Waals surface area contributed by atoms with Crippen LogP contribution in [0.5, 0.6) is 0 Å². The summed E-state index contributed by atoms with van der Waals surface area (Å²) >= 11 is 0. The average molecular weight is 364 g/mol. The van der Waals surface area contributed by atoms with Crippen molar-refractivity contribution in [3.8, 4) is 11.3 Å². The minimum absolute atomic E-state index is 0.0539. The van der Waals surface area contributed by atoms with E-state index in [0.29, 0.717) is 0 Å². The molecule has 1 amide bonds. The van der Waals surface area contributed by atoms with E-state index in [9.17, 15) is 4.79 Å². The fraction of sp³-hybridized carbons (Fsp3) is 0.120. The fourth-order valence-electron chi connectivity index (χ4n) is 4.14. The standard InChI is InChI=1S/C25H20N2O/c1-17-23(25(28)27-16-15-18-9-5-8-14-22(18)27)20-12-6-7-13-21(20)26-24(17)19-10-3-2-4-11-19/h2-14H,15-16H2,1H3. The van der Waals surface area contributed by atoms with E-state index < -0.39 is 0 Å². The highest BCUT2D eigenvalue weighted by atomic mass is 16.2. The molecule has 0 aliphatic carbocycles. The Kier molecular flexibility index (Phi) is 3.94. The van der Waals surface area contributed by atoms with Crippen molar-refractivity contribution in [3.63, 3.8) is 0 Å². The zero-order valence-electron chi connectivity index (χ0n) is 15.7. The van der Waals surface area contributed by atoms with E-state index >= 15 is 0 Å². The molecule has 0 radical (unpaired) electrons. The highest BCUT2D eigenvalue weighted by Gasteiger charge is 2.28. The number of rotatable bonds is 2. The van der Waals surface area contributed by atoms with Crippen molar-refractivity contribution in [1.29, 1.82) is 0 Å². The summed E-state index contributed by atoms with van der Waals surface area (Å²) in [4.78, 5) is 20.5. The monoisotopic (exact) mass is 364 g/mol. The number of carbonyl (C=O) groups is 1. The molecule has 1 aliphatic rings. The molecular formula is C25H20N2O. The van der Waals surface area contributed by atoms with Gasteiger partial charge in [-0.05, 0) is 36.6 Å². The molecule has 0 N–H and O–H groups in total. The number of anilines is 1. The Morgan fingerprint density at radius 3 is 2.46 bits per heavy atom. The second kappa shape index (κ2) is 6.61. The van der Waals surface area contributed by atoms with Crippen molar-refractivity contribution in [3.05, 3.63) is 95.6 Å². The molecule has 0 bridgehead atoms. The molecule has 0 spiro atoms. The summed E-state index contributed by atoms with van der Waals surface area (Å²) < 4.78 is 0. The van der Waals surface area contributed by atoms with Crippen LogP contribution in [0.2, 0.25) is 0 Å². The summed E-state index contributed by atoms with van der Waals surface area (Å²) in [5, 5.41) is 0.911. The van der Waals surface area contributed by atoms with E-state index in [0.717, 1.165) is 51.9 Å². The Bertz CT molecular complexity index is 1200. The van der Waals surface area contributed by atoms with Gasteiger partial charge in [-0.3, -0.25) is 4.79 Å². The summed E-state index contributed by atoms with van der Waals surface area (Å²) in [6.45, 7) is 2.73. The van der Waals surface area contributed by atoms with Gasteiger partial charge in [-0.15, -0.1) is 0 Å². The van der Waals surface area contributed by atoms with Crippen molar-refractivity contribution < 1.29 is 4.79 Å². The third kappa shape index (κ3) is 2.59. The van der Waals surface area contributed by atoms with Crippen LogP contribution in [0.1, 0.15) is 21.5 Å². The van der Waals surface area contributed by atoms with Crippen molar-refractivity contribution in [1.82, 2.24) is 4.98 Å². The van der Waals surface area contributed by atoms with Crippen molar-refractivity contribution >= 4 is 22.5 Å². The first-order valence-corrected chi connectivity index (χ1v) is 9.58. The summed E-state index contributed by atoms with van der Waals surface area (Å²) in [6, 6.07) is 26.2. The maximum absolute atomic E-state index is 13.7. The normalized spacial score (nSPS) is 13.0. The van der Waals surface area contributed by atoms with E-state index in [4.69, 9.17) is 4.98 Å². The minimum atomic E-state index is 0.0539. The molecule has 0 saturated carbocycles. The molecular weight excluding hydrogens is 344 g/mol. The number of aromatic nitrogens is 1. The smallest absolute Gasteiger partial charge is 0.259 e. The molecule has 1 aliphatic heterocycles. The first kappa shape index (κ1) is 16.7. The van der Waals surface area contributed by atoms with Gasteiger partial charge in [-0.1, -0.05) is 66.7 Å². The largest absolute Gasteiger partial charge is 0.308 e. The van der Waals surface area contributed by atoms with Gasteiger partial charge in [0.05, 0.1) is 16.8 Å². The number of benzene rings is 3. The first-order valence-electron chi connectivity index (χ1n) is 9.58. The topological polar surface area (TPSA) is 33.2 Å². The van der Waals surface area contributed by atoms with E-state index in [1.54, 1.807) is 0 Å². The van der Waals surface area contributed by atoms with Crippen LogP contribution in [0.3, 0.4) is 0 Å². The number of nitrogens with zero attached hydrogens (tertiary/aromatic N) is 2. The average Bonchev–Trinajstić information content (AvgIpc) is 3.18. The van der Waals surface area contributed by atoms with E-state index in [1.165, 1.54) is 5.56 Å². The number of hydrogen-bond donors (Lipinski definition) is 0. The Morgan fingerprint density at radius 2 is 1.61 bits per heavy atom. The van der Waals surface area contributed by atoms with Crippen molar-refractivity contribution in [2.75, 3.05) is 11.4 Å². The molecule has 2 heterocycles. The zero-order valence-corrected chi connectivity index (χ0v) is 15.7. The Balaban J connectivity index is 1.73. The predicted molar refractivity (Wildman–Crippen MR) is 114 cm³/mol. The molecule has 3 nitrogen and oxygen atoms in total. The lowest BCUT2D eigenvalue weighted by molar-refractivity contribution is 0.0990. The van der Waals surface area contributed by atoms with E-state index in [-0.39, 0.29) is 5.91 Å². The Morgan fingerprint density at radius 1 is 0.893 bits per heavy atom. The number of amides is 1. The van der Waals surface area contributed by atoms with Crippen LogP contribution in [0.15, 0.2) is 78.9 Å². The molecule has 28 heavy (non-hydrogen) atoms. The van der Waals surface area contributed by atoms with Gasteiger partial charge < -0.3 is 4.90 Å². The molecule has 4 aromatic rings. The van der Waals surface area contributed by atoms with Gasteiger partial charge in [0.2, 0.25) is 0 Å². The van der Waals surface area contributed by atoms with Crippen LogP contribution in [0, 0.1) is 6.92 Å². The van der Waals surface area contributed by atoms with Crippen LogP contribution in [0.25, 0.3) is 22.2 Å². The molecule has 3 heteroatoms. The molecule has 0 unspecified atom stereocenters. The molecule has 136 valence electrons. The number of hydrogen-bond acceptors (Lipinski definition) is 2. The predicted octanol–water partition coefficient (Wildman–Crippen LogP) is 5.41. The molecule has 1 aromatic heterocycles. The van der Waals surface area contributed by atoms with Gasteiger partial charge in [0.25, 0.3) is 5.91 Å². The van der Waals surface area contributed by atoms with Gasteiger partial charge in [0, 0.05) is 23.2 Å². The lowest BCUT2D eigenvalue weighted by Gasteiger charge is -2.21. The number of pyridine rings is 1. The molecule has 3 aromatic carbocycles. The van der Waals surface area contributed by atoms with Gasteiger partial charge >= 0.3 is 0 Å². The second-order valence-electron chi connectivity index (χ2n) is 7.18. The molecule has 0 atom stereocenters. The number of fused-ring (bicyclic) bond motifs is 2. The minimum Gasteiger partial charge on any atom is -0.308 e.